The number of thioether (sulfide) groups is 1. The lowest BCUT2D eigenvalue weighted by Crippen LogP contribution is -1.77. The number of rotatable bonds is 3. The number of benzene rings is 1. The lowest BCUT2D eigenvalue weighted by molar-refractivity contribution is 1.35. The fourth-order valence-corrected chi connectivity index (χ4v) is 1.70. The van der Waals surface area contributed by atoms with Gasteiger partial charge in [0.05, 0.1) is 0 Å². The maximum absolute atomic E-state index is 4.92. The zero-order valence-electron chi connectivity index (χ0n) is 6.54. The first kappa shape index (κ1) is 9.01. The van der Waals surface area contributed by atoms with Gasteiger partial charge in [-0.3, -0.25) is 0 Å². The molecule has 0 aromatic heterocycles. The van der Waals surface area contributed by atoms with Crippen LogP contribution in [0, 0.1) is 0 Å². The van der Waals surface area contributed by atoms with E-state index in [1.165, 1.54) is 10.5 Å². The molecule has 11 heavy (non-hydrogen) atoms. The van der Waals surface area contributed by atoms with Crippen LogP contribution in [0.25, 0.3) is 0 Å². The Morgan fingerprint density at radius 2 is 1.91 bits per heavy atom. The van der Waals surface area contributed by atoms with Crippen molar-refractivity contribution in [1.82, 2.24) is 0 Å². The number of hydrogen-bond acceptors (Lipinski definition) is 1. The molecule has 1 aromatic rings. The first-order valence-electron chi connectivity index (χ1n) is 3.66. The van der Waals surface area contributed by atoms with Crippen LogP contribution < -0.4 is 0 Å². The maximum atomic E-state index is 4.92. The molecule has 0 saturated carbocycles. The quantitative estimate of drug-likeness (QED) is 0.646. The van der Waals surface area contributed by atoms with Crippen molar-refractivity contribution in [1.29, 1.82) is 0 Å². The third-order valence-electron chi connectivity index (χ3n) is 1.40. The smallest absolute Gasteiger partial charge is 0.0288 e. The molecule has 59 valence electrons. The normalized spacial score (nSPS) is 10.0. The molecular weight excluding hydrogens is 172 g/mol. The van der Waals surface area contributed by atoms with E-state index in [1.54, 1.807) is 0 Å². The summed E-state index contributed by atoms with van der Waals surface area (Å²) in [5.74, 6) is 1.85. The average Bonchev–Trinajstić information content (AvgIpc) is 2.07. The minimum atomic E-state index is 0.719. The van der Waals surface area contributed by atoms with E-state index in [0.29, 0.717) is 0 Å². The zero-order chi connectivity index (χ0) is 8.10. The van der Waals surface area contributed by atoms with Crippen LogP contribution in [0.2, 0.25) is 0 Å². The third-order valence-corrected chi connectivity index (χ3v) is 2.63. The molecule has 1 aromatic carbocycles. The monoisotopic (exact) mass is 183 g/mol. The molecule has 0 heterocycles. The summed E-state index contributed by atoms with van der Waals surface area (Å²) < 4.78 is 0. The van der Waals surface area contributed by atoms with Gasteiger partial charge < -0.3 is 0 Å². The summed E-state index contributed by atoms with van der Waals surface area (Å²) in [7, 11) is 0. The van der Waals surface area contributed by atoms with E-state index in [-0.39, 0.29) is 0 Å². The van der Waals surface area contributed by atoms with Crippen LogP contribution >= 0.6 is 24.4 Å². The molecule has 0 nitrogen and oxygen atoms in total. The van der Waals surface area contributed by atoms with E-state index < -0.39 is 0 Å². The highest BCUT2D eigenvalue weighted by atomic mass is 32.2. The van der Waals surface area contributed by atoms with E-state index in [1.807, 2.05) is 11.8 Å². The Bertz CT molecular complexity index is 203. The van der Waals surface area contributed by atoms with Crippen LogP contribution in [0.4, 0.5) is 0 Å². The molecule has 0 atom stereocenters. The van der Waals surface area contributed by atoms with Crippen LogP contribution in [-0.4, -0.2) is 5.75 Å². The van der Waals surface area contributed by atoms with Gasteiger partial charge in [-0.05, 0) is 23.4 Å². The Morgan fingerprint density at radius 1 is 1.27 bits per heavy atom. The standard InChI is InChI=1S/C9H11S2/c1-2-11-9-5-3-8(7-10)4-6-9/h3-6H,2,7H2,1H3. The fourth-order valence-electron chi connectivity index (χ4n) is 0.849. The zero-order valence-corrected chi connectivity index (χ0v) is 8.17. The molecule has 2 heteroatoms. The molecule has 1 radical (unpaired) electrons. The highest BCUT2D eigenvalue weighted by molar-refractivity contribution is 7.99. The van der Waals surface area contributed by atoms with Crippen LogP contribution in [0.1, 0.15) is 12.5 Å². The van der Waals surface area contributed by atoms with Gasteiger partial charge >= 0.3 is 0 Å². The summed E-state index contributed by atoms with van der Waals surface area (Å²) in [6.45, 7) is 2.16. The van der Waals surface area contributed by atoms with Crippen molar-refractivity contribution >= 4 is 24.4 Å². The molecule has 0 spiro atoms. The topological polar surface area (TPSA) is 0 Å². The lowest BCUT2D eigenvalue weighted by Gasteiger charge is -1.98. The molecule has 0 aliphatic rings. The lowest BCUT2D eigenvalue weighted by atomic mass is 10.2. The van der Waals surface area contributed by atoms with E-state index in [0.717, 1.165) is 11.5 Å². The van der Waals surface area contributed by atoms with Crippen LogP contribution in [0.5, 0.6) is 0 Å². The first-order chi connectivity index (χ1) is 5.36. The van der Waals surface area contributed by atoms with Gasteiger partial charge in [-0.15, -0.1) is 11.8 Å². The summed E-state index contributed by atoms with van der Waals surface area (Å²) in [5, 5.41) is 0. The Balaban J connectivity index is 2.66. The Hall–Kier alpha value is -0.0800. The molecule has 0 N–H and O–H groups in total. The van der Waals surface area contributed by atoms with Crippen molar-refractivity contribution in [2.75, 3.05) is 5.75 Å². The van der Waals surface area contributed by atoms with Gasteiger partial charge in [0.15, 0.2) is 0 Å². The molecule has 0 saturated heterocycles. The summed E-state index contributed by atoms with van der Waals surface area (Å²) in [4.78, 5) is 1.33. The van der Waals surface area contributed by atoms with Crippen LogP contribution in [0.15, 0.2) is 29.2 Å². The van der Waals surface area contributed by atoms with E-state index in [9.17, 15) is 0 Å². The highest BCUT2D eigenvalue weighted by Gasteiger charge is 1.91. The summed E-state index contributed by atoms with van der Waals surface area (Å²) >= 11 is 6.78. The van der Waals surface area contributed by atoms with Crippen molar-refractivity contribution in [2.45, 2.75) is 17.6 Å². The van der Waals surface area contributed by atoms with Gasteiger partial charge in [0.1, 0.15) is 0 Å². The largest absolute Gasteiger partial charge is 0.126 e. The fraction of sp³-hybridized carbons (Fsp3) is 0.333. The molecule has 0 aliphatic carbocycles. The Kier molecular flexibility index (Phi) is 3.87. The molecule has 1 rings (SSSR count). The van der Waals surface area contributed by atoms with Crippen molar-refractivity contribution in [3.05, 3.63) is 29.8 Å². The van der Waals surface area contributed by atoms with E-state index >= 15 is 0 Å². The summed E-state index contributed by atoms with van der Waals surface area (Å²) in [6.07, 6.45) is 0. The second-order valence-corrected chi connectivity index (χ2v) is 3.85. The molecule has 0 amide bonds. The van der Waals surface area contributed by atoms with Gasteiger partial charge in [0.2, 0.25) is 0 Å². The molecule has 0 bridgehead atoms. The van der Waals surface area contributed by atoms with Crippen molar-refractivity contribution in [2.24, 2.45) is 0 Å². The van der Waals surface area contributed by atoms with Gasteiger partial charge in [-0.2, -0.15) is 0 Å². The predicted octanol–water partition coefficient (Wildman–Crippen LogP) is 3.50. The summed E-state index contributed by atoms with van der Waals surface area (Å²) in [5.41, 5.74) is 1.24. The minimum absolute atomic E-state index is 0.719. The van der Waals surface area contributed by atoms with Crippen molar-refractivity contribution < 1.29 is 0 Å². The highest BCUT2D eigenvalue weighted by Crippen LogP contribution is 2.17. The molecular formula is C9H11S2. The maximum Gasteiger partial charge on any atom is 0.0288 e. The number of hydrogen-bond donors (Lipinski definition) is 0. The van der Waals surface area contributed by atoms with Gasteiger partial charge in [-0.25, -0.2) is 0 Å². The van der Waals surface area contributed by atoms with E-state index in [2.05, 4.69) is 31.2 Å². The van der Waals surface area contributed by atoms with Crippen LogP contribution in [0.3, 0.4) is 0 Å². The predicted molar refractivity (Wildman–Crippen MR) is 54.1 cm³/mol. The van der Waals surface area contributed by atoms with Crippen LogP contribution in [-0.2, 0) is 5.75 Å². The third kappa shape index (κ3) is 2.80. The molecule has 0 aliphatic heterocycles. The second-order valence-electron chi connectivity index (χ2n) is 2.22. The van der Waals surface area contributed by atoms with Gasteiger partial charge in [0.25, 0.3) is 0 Å². The first-order valence-corrected chi connectivity index (χ1v) is 5.23. The van der Waals surface area contributed by atoms with Gasteiger partial charge in [0, 0.05) is 10.6 Å². The SMILES string of the molecule is CCSc1ccc(C[S])cc1. The van der Waals surface area contributed by atoms with E-state index in [4.69, 9.17) is 12.6 Å². The van der Waals surface area contributed by atoms with Gasteiger partial charge in [-0.1, -0.05) is 31.7 Å². The minimum Gasteiger partial charge on any atom is -0.126 e. The average molecular weight is 183 g/mol. The summed E-state index contributed by atoms with van der Waals surface area (Å²) in [6, 6.07) is 8.47. The van der Waals surface area contributed by atoms with Crippen molar-refractivity contribution in [3.8, 4) is 0 Å². The Labute approximate surface area is 77.8 Å². The Morgan fingerprint density at radius 3 is 2.36 bits per heavy atom. The second kappa shape index (κ2) is 4.73. The molecule has 0 unspecified atom stereocenters. The van der Waals surface area contributed by atoms with Crippen molar-refractivity contribution in [3.63, 3.8) is 0 Å². The molecule has 0 fully saturated rings.